The van der Waals surface area contributed by atoms with Crippen LogP contribution in [0.15, 0.2) is 48.5 Å². The molecule has 0 saturated carbocycles. The third-order valence-electron chi connectivity index (χ3n) is 6.09. The summed E-state index contributed by atoms with van der Waals surface area (Å²) in [5.74, 6) is 1.46. The van der Waals surface area contributed by atoms with Crippen LogP contribution in [0.4, 0.5) is 5.82 Å². The number of hydrogen-bond acceptors (Lipinski definition) is 5. The summed E-state index contributed by atoms with van der Waals surface area (Å²) in [7, 11) is 0. The maximum atomic E-state index is 6.31. The number of hydrogen-bond donors (Lipinski definition) is 1. The lowest BCUT2D eigenvalue weighted by atomic mass is 10.0. The molecule has 0 radical (unpaired) electrons. The fourth-order valence-electron chi connectivity index (χ4n) is 4.15. The summed E-state index contributed by atoms with van der Waals surface area (Å²) in [6, 6.07) is 16.7. The van der Waals surface area contributed by atoms with Crippen LogP contribution in [0.5, 0.6) is 0 Å². The third kappa shape index (κ3) is 4.29. The Morgan fingerprint density at radius 3 is 2.40 bits per heavy atom. The van der Waals surface area contributed by atoms with Crippen molar-refractivity contribution in [2.45, 2.75) is 32.9 Å². The Balaban J connectivity index is 1.63. The van der Waals surface area contributed by atoms with E-state index in [0.717, 1.165) is 59.0 Å². The van der Waals surface area contributed by atoms with Gasteiger partial charge in [0.05, 0.1) is 0 Å². The van der Waals surface area contributed by atoms with Gasteiger partial charge in [-0.3, -0.25) is 4.90 Å². The number of piperazine rings is 1. The van der Waals surface area contributed by atoms with Gasteiger partial charge in [-0.25, -0.2) is 0 Å². The van der Waals surface area contributed by atoms with E-state index >= 15 is 0 Å². The molecule has 1 aliphatic rings. The summed E-state index contributed by atoms with van der Waals surface area (Å²) in [6.45, 7) is 10.5. The molecule has 6 heteroatoms. The SMILES string of the molecule is CC(C)[C@H](N)CN1CCN(c2nnc(-c3ccc(Cl)cc3)c3ccccc23)[C@@H](C)C1. The molecule has 0 aliphatic carbocycles. The second-order valence-corrected chi connectivity index (χ2v) is 9.07. The van der Waals surface area contributed by atoms with E-state index in [0.29, 0.717) is 12.0 Å². The highest BCUT2D eigenvalue weighted by molar-refractivity contribution is 6.30. The predicted molar refractivity (Wildman–Crippen MR) is 126 cm³/mol. The average Bonchev–Trinajstić information content (AvgIpc) is 2.74. The van der Waals surface area contributed by atoms with Gasteiger partial charge in [0.2, 0.25) is 0 Å². The molecule has 5 nitrogen and oxygen atoms in total. The van der Waals surface area contributed by atoms with Crippen LogP contribution in [-0.2, 0) is 0 Å². The average molecular weight is 424 g/mol. The molecule has 0 spiro atoms. The molecule has 30 heavy (non-hydrogen) atoms. The molecule has 4 rings (SSSR count). The quantitative estimate of drug-likeness (QED) is 0.657. The van der Waals surface area contributed by atoms with E-state index in [4.69, 9.17) is 22.4 Å². The second-order valence-electron chi connectivity index (χ2n) is 8.63. The zero-order valence-electron chi connectivity index (χ0n) is 17.9. The monoisotopic (exact) mass is 423 g/mol. The van der Waals surface area contributed by atoms with Gasteiger partial charge in [0, 0.05) is 59.6 Å². The number of nitrogens with two attached hydrogens (primary N) is 1. The summed E-state index contributed by atoms with van der Waals surface area (Å²) in [5.41, 5.74) is 8.22. The molecule has 0 bridgehead atoms. The van der Waals surface area contributed by atoms with Crippen LogP contribution in [0, 0.1) is 5.92 Å². The summed E-state index contributed by atoms with van der Waals surface area (Å²) in [5, 5.41) is 12.3. The molecule has 0 amide bonds. The molecule has 2 heterocycles. The zero-order valence-corrected chi connectivity index (χ0v) is 18.7. The summed E-state index contributed by atoms with van der Waals surface area (Å²) < 4.78 is 0. The van der Waals surface area contributed by atoms with E-state index in [1.54, 1.807) is 0 Å². The van der Waals surface area contributed by atoms with E-state index in [2.05, 4.69) is 59.9 Å². The van der Waals surface area contributed by atoms with Crippen molar-refractivity contribution in [2.75, 3.05) is 31.1 Å². The van der Waals surface area contributed by atoms with Crippen LogP contribution in [0.2, 0.25) is 5.02 Å². The van der Waals surface area contributed by atoms with Gasteiger partial charge < -0.3 is 10.6 Å². The van der Waals surface area contributed by atoms with Crippen molar-refractivity contribution in [3.8, 4) is 11.3 Å². The highest BCUT2D eigenvalue weighted by atomic mass is 35.5. The predicted octanol–water partition coefficient (Wildman–Crippen LogP) is 4.44. The lowest BCUT2D eigenvalue weighted by molar-refractivity contribution is 0.202. The number of nitrogens with zero attached hydrogens (tertiary/aromatic N) is 4. The lowest BCUT2D eigenvalue weighted by Crippen LogP contribution is -2.55. The molecule has 1 saturated heterocycles. The van der Waals surface area contributed by atoms with E-state index in [9.17, 15) is 0 Å². The fraction of sp³-hybridized carbons (Fsp3) is 0.417. The van der Waals surface area contributed by atoms with Crippen molar-refractivity contribution in [1.29, 1.82) is 0 Å². The molecular weight excluding hydrogens is 394 g/mol. The standard InChI is InChI=1S/C24H30ClN5/c1-16(2)22(26)15-29-12-13-30(17(3)14-29)24-21-7-5-4-6-20(21)23(27-28-24)18-8-10-19(25)11-9-18/h4-11,16-17,22H,12-15,26H2,1-3H3/t17-,22+/m0/s1. The number of benzene rings is 2. The summed E-state index contributed by atoms with van der Waals surface area (Å²) in [6.07, 6.45) is 0. The van der Waals surface area contributed by atoms with E-state index in [-0.39, 0.29) is 6.04 Å². The molecule has 158 valence electrons. The van der Waals surface area contributed by atoms with Crippen molar-refractivity contribution in [1.82, 2.24) is 15.1 Å². The second kappa shape index (κ2) is 8.88. The van der Waals surface area contributed by atoms with Crippen molar-refractivity contribution >= 4 is 28.2 Å². The highest BCUT2D eigenvalue weighted by Crippen LogP contribution is 2.33. The van der Waals surface area contributed by atoms with Gasteiger partial charge in [0.1, 0.15) is 5.69 Å². The first-order valence-corrected chi connectivity index (χ1v) is 11.1. The van der Waals surface area contributed by atoms with Crippen LogP contribution >= 0.6 is 11.6 Å². The largest absolute Gasteiger partial charge is 0.349 e. The molecule has 0 unspecified atom stereocenters. The smallest absolute Gasteiger partial charge is 0.159 e. The van der Waals surface area contributed by atoms with Crippen LogP contribution in [0.3, 0.4) is 0 Å². The molecule has 3 aromatic rings. The molecule has 2 aromatic carbocycles. The van der Waals surface area contributed by atoms with Gasteiger partial charge in [0.15, 0.2) is 5.82 Å². The maximum absolute atomic E-state index is 6.31. The Hall–Kier alpha value is -2.21. The van der Waals surface area contributed by atoms with Crippen molar-refractivity contribution in [3.05, 3.63) is 53.6 Å². The van der Waals surface area contributed by atoms with Gasteiger partial charge in [-0.05, 0) is 25.0 Å². The maximum Gasteiger partial charge on any atom is 0.159 e. The fourth-order valence-corrected chi connectivity index (χ4v) is 4.27. The van der Waals surface area contributed by atoms with E-state index < -0.39 is 0 Å². The van der Waals surface area contributed by atoms with Crippen molar-refractivity contribution < 1.29 is 0 Å². The normalized spacial score (nSPS) is 18.9. The minimum atomic E-state index is 0.211. The lowest BCUT2D eigenvalue weighted by Gasteiger charge is -2.41. The molecule has 2 atom stereocenters. The minimum Gasteiger partial charge on any atom is -0.349 e. The topological polar surface area (TPSA) is 58.3 Å². The Kier molecular flexibility index (Phi) is 6.23. The molecule has 1 aliphatic heterocycles. The van der Waals surface area contributed by atoms with E-state index in [1.807, 2.05) is 24.3 Å². The molecule has 1 fully saturated rings. The van der Waals surface area contributed by atoms with E-state index in [1.165, 1.54) is 0 Å². The Labute approximate surface area is 183 Å². The first-order valence-electron chi connectivity index (χ1n) is 10.7. The Morgan fingerprint density at radius 1 is 1.03 bits per heavy atom. The van der Waals surface area contributed by atoms with Crippen LogP contribution in [0.1, 0.15) is 20.8 Å². The Bertz CT molecular complexity index is 1000. The Morgan fingerprint density at radius 2 is 1.73 bits per heavy atom. The van der Waals surface area contributed by atoms with Gasteiger partial charge in [-0.15, -0.1) is 10.2 Å². The minimum absolute atomic E-state index is 0.211. The molecular formula is C24H30ClN5. The summed E-state index contributed by atoms with van der Waals surface area (Å²) in [4.78, 5) is 4.86. The number of fused-ring (bicyclic) bond motifs is 1. The van der Waals surface area contributed by atoms with Gasteiger partial charge >= 0.3 is 0 Å². The third-order valence-corrected chi connectivity index (χ3v) is 6.35. The zero-order chi connectivity index (χ0) is 21.3. The van der Waals surface area contributed by atoms with Crippen LogP contribution in [0.25, 0.3) is 22.0 Å². The molecule has 1 aromatic heterocycles. The highest BCUT2D eigenvalue weighted by Gasteiger charge is 2.28. The number of rotatable bonds is 5. The number of halogens is 1. The van der Waals surface area contributed by atoms with Gasteiger partial charge in [0.25, 0.3) is 0 Å². The number of aromatic nitrogens is 2. The van der Waals surface area contributed by atoms with Gasteiger partial charge in [-0.1, -0.05) is 61.8 Å². The van der Waals surface area contributed by atoms with Crippen molar-refractivity contribution in [2.24, 2.45) is 11.7 Å². The van der Waals surface area contributed by atoms with Crippen LogP contribution < -0.4 is 10.6 Å². The first kappa shape index (κ1) is 21.0. The first-order chi connectivity index (χ1) is 14.4. The van der Waals surface area contributed by atoms with Crippen LogP contribution in [-0.4, -0.2) is 53.4 Å². The number of anilines is 1. The molecule has 2 N–H and O–H groups in total. The summed E-state index contributed by atoms with van der Waals surface area (Å²) >= 11 is 6.07. The van der Waals surface area contributed by atoms with Gasteiger partial charge in [-0.2, -0.15) is 0 Å². The van der Waals surface area contributed by atoms with Crippen molar-refractivity contribution in [3.63, 3.8) is 0 Å².